The van der Waals surface area contributed by atoms with Crippen molar-refractivity contribution in [2.24, 2.45) is 0 Å². The van der Waals surface area contributed by atoms with Gasteiger partial charge in [-0.15, -0.1) is 0 Å². The Morgan fingerprint density at radius 3 is 2.42 bits per heavy atom. The molecule has 0 atom stereocenters. The Kier molecular flexibility index (Phi) is 6.56. The number of nitro groups is 1. The number of ketones is 1. The lowest BCUT2D eigenvalue weighted by Crippen LogP contribution is -2.20. The summed E-state index contributed by atoms with van der Waals surface area (Å²) < 4.78 is 10.4. The third-order valence-corrected chi connectivity index (χ3v) is 4.29. The predicted molar refractivity (Wildman–Crippen MR) is 114 cm³/mol. The highest BCUT2D eigenvalue weighted by Crippen LogP contribution is 2.25. The van der Waals surface area contributed by atoms with Crippen LogP contribution in [0.4, 0.5) is 11.4 Å². The van der Waals surface area contributed by atoms with Crippen molar-refractivity contribution in [3.8, 4) is 5.75 Å². The maximum absolute atomic E-state index is 12.0. The molecule has 0 radical (unpaired) electrons. The van der Waals surface area contributed by atoms with Crippen LogP contribution in [-0.2, 0) is 4.79 Å². The van der Waals surface area contributed by atoms with Crippen molar-refractivity contribution in [3.63, 3.8) is 0 Å². The molecule has 1 aromatic heterocycles. The molecule has 0 aliphatic heterocycles. The van der Waals surface area contributed by atoms with Crippen LogP contribution >= 0.6 is 0 Å². The fraction of sp³-hybridized carbons (Fsp3) is 0.136. The SMILES string of the molecule is CC(=O)c1ccc(NC(=O)COc2ccc(/C=C/c3onc(C)c3[N+](=O)[O-])cc2)cc1. The van der Waals surface area contributed by atoms with Crippen LogP contribution in [-0.4, -0.2) is 28.4 Å². The zero-order valence-corrected chi connectivity index (χ0v) is 16.8. The Bertz CT molecular complexity index is 1130. The zero-order valence-electron chi connectivity index (χ0n) is 16.8. The molecule has 0 fully saturated rings. The third kappa shape index (κ3) is 5.63. The minimum absolute atomic E-state index is 0.0475. The van der Waals surface area contributed by atoms with E-state index in [0.29, 0.717) is 17.0 Å². The largest absolute Gasteiger partial charge is 0.484 e. The molecule has 3 rings (SSSR count). The maximum atomic E-state index is 12.0. The van der Waals surface area contributed by atoms with E-state index in [1.807, 2.05) is 0 Å². The van der Waals surface area contributed by atoms with E-state index in [4.69, 9.17) is 9.26 Å². The van der Waals surface area contributed by atoms with E-state index in [1.165, 1.54) is 19.9 Å². The summed E-state index contributed by atoms with van der Waals surface area (Å²) in [5, 5.41) is 17.3. The van der Waals surface area contributed by atoms with Crippen molar-refractivity contribution in [2.75, 3.05) is 11.9 Å². The van der Waals surface area contributed by atoms with Gasteiger partial charge >= 0.3 is 5.69 Å². The van der Waals surface area contributed by atoms with Crippen LogP contribution in [0.3, 0.4) is 0 Å². The highest BCUT2D eigenvalue weighted by Gasteiger charge is 2.21. The summed E-state index contributed by atoms with van der Waals surface area (Å²) in [5.41, 5.74) is 1.93. The van der Waals surface area contributed by atoms with Crippen molar-refractivity contribution in [1.82, 2.24) is 5.16 Å². The van der Waals surface area contributed by atoms with Gasteiger partial charge in [-0.1, -0.05) is 23.4 Å². The Labute approximate surface area is 177 Å². The second-order valence-electron chi connectivity index (χ2n) is 6.61. The van der Waals surface area contributed by atoms with Gasteiger partial charge in [-0.05, 0) is 61.9 Å². The smallest absolute Gasteiger partial charge is 0.338 e. The van der Waals surface area contributed by atoms with Crippen LogP contribution in [0.1, 0.15) is 34.3 Å². The summed E-state index contributed by atoms with van der Waals surface area (Å²) in [7, 11) is 0. The lowest BCUT2D eigenvalue weighted by atomic mass is 10.1. The monoisotopic (exact) mass is 421 g/mol. The molecule has 31 heavy (non-hydrogen) atoms. The molecule has 9 nitrogen and oxygen atoms in total. The normalized spacial score (nSPS) is 10.8. The van der Waals surface area contributed by atoms with Crippen molar-refractivity contribution in [1.29, 1.82) is 0 Å². The van der Waals surface area contributed by atoms with Crippen molar-refractivity contribution < 1.29 is 23.8 Å². The molecular formula is C22H19N3O6. The number of rotatable bonds is 8. The Morgan fingerprint density at radius 1 is 1.13 bits per heavy atom. The zero-order chi connectivity index (χ0) is 22.4. The van der Waals surface area contributed by atoms with E-state index in [-0.39, 0.29) is 35.4 Å². The Balaban J connectivity index is 1.54. The van der Waals surface area contributed by atoms with E-state index >= 15 is 0 Å². The number of nitrogens with one attached hydrogen (secondary N) is 1. The van der Waals surface area contributed by atoms with E-state index in [1.54, 1.807) is 54.6 Å². The van der Waals surface area contributed by atoms with Crippen LogP contribution in [0.25, 0.3) is 12.2 Å². The number of nitrogens with zero attached hydrogens (tertiary/aromatic N) is 2. The third-order valence-electron chi connectivity index (χ3n) is 4.29. The number of carbonyl (C=O) groups is 2. The molecule has 1 heterocycles. The van der Waals surface area contributed by atoms with Crippen LogP contribution in [0, 0.1) is 17.0 Å². The fourth-order valence-corrected chi connectivity index (χ4v) is 2.70. The number of carbonyl (C=O) groups excluding carboxylic acids is 2. The summed E-state index contributed by atoms with van der Waals surface area (Å²) in [6.45, 7) is 2.79. The summed E-state index contributed by atoms with van der Waals surface area (Å²) in [5.74, 6) is 0.165. The summed E-state index contributed by atoms with van der Waals surface area (Å²) in [6, 6.07) is 13.4. The first kappa shape index (κ1) is 21.4. The van der Waals surface area contributed by atoms with Crippen LogP contribution in [0.5, 0.6) is 5.75 Å². The summed E-state index contributed by atoms with van der Waals surface area (Å²) in [4.78, 5) is 33.8. The molecule has 0 spiro atoms. The first-order valence-electron chi connectivity index (χ1n) is 9.26. The molecule has 1 N–H and O–H groups in total. The van der Waals surface area contributed by atoms with E-state index in [0.717, 1.165) is 5.56 Å². The number of ether oxygens (including phenoxy) is 1. The van der Waals surface area contributed by atoms with Crippen molar-refractivity contribution in [3.05, 3.63) is 81.2 Å². The summed E-state index contributed by atoms with van der Waals surface area (Å²) in [6.07, 6.45) is 3.12. The van der Waals surface area contributed by atoms with Gasteiger partial charge in [-0.3, -0.25) is 19.7 Å². The Hall–Kier alpha value is -4.27. The van der Waals surface area contributed by atoms with Crippen LogP contribution in [0.2, 0.25) is 0 Å². The molecule has 0 saturated heterocycles. The van der Waals surface area contributed by atoms with Gasteiger partial charge in [0.2, 0.25) is 5.76 Å². The average molecular weight is 421 g/mol. The van der Waals surface area contributed by atoms with Gasteiger partial charge in [0.25, 0.3) is 5.91 Å². The quantitative estimate of drug-likeness (QED) is 0.327. The molecule has 0 aliphatic rings. The number of aromatic nitrogens is 1. The number of anilines is 1. The number of benzene rings is 2. The molecule has 9 heteroatoms. The molecular weight excluding hydrogens is 402 g/mol. The van der Waals surface area contributed by atoms with E-state index in [2.05, 4.69) is 10.5 Å². The van der Waals surface area contributed by atoms with Crippen LogP contribution < -0.4 is 10.1 Å². The number of Topliss-reactive ketones (excluding diaryl/α,β-unsaturated/α-hetero) is 1. The highest BCUT2D eigenvalue weighted by molar-refractivity contribution is 5.96. The molecule has 3 aromatic rings. The minimum atomic E-state index is -0.537. The van der Waals surface area contributed by atoms with Gasteiger partial charge < -0.3 is 14.6 Å². The molecule has 2 aromatic carbocycles. The number of aryl methyl sites for hydroxylation is 1. The van der Waals surface area contributed by atoms with Crippen molar-refractivity contribution >= 4 is 35.2 Å². The fourth-order valence-electron chi connectivity index (χ4n) is 2.70. The van der Waals surface area contributed by atoms with E-state index < -0.39 is 4.92 Å². The maximum Gasteiger partial charge on any atom is 0.338 e. The van der Waals surface area contributed by atoms with Gasteiger partial charge in [0.1, 0.15) is 5.75 Å². The van der Waals surface area contributed by atoms with Crippen LogP contribution in [0.15, 0.2) is 53.1 Å². The highest BCUT2D eigenvalue weighted by atomic mass is 16.6. The van der Waals surface area contributed by atoms with Crippen molar-refractivity contribution in [2.45, 2.75) is 13.8 Å². The first-order chi connectivity index (χ1) is 14.8. The minimum Gasteiger partial charge on any atom is -0.484 e. The number of hydrogen-bond donors (Lipinski definition) is 1. The molecule has 1 amide bonds. The van der Waals surface area contributed by atoms with Gasteiger partial charge in [-0.25, -0.2) is 0 Å². The standard InChI is InChI=1S/C22H19N3O6/c1-14-22(25(28)29)20(31-24-14)12-5-16-3-10-19(11-4-16)30-13-21(27)23-18-8-6-17(7-9-18)15(2)26/h3-12H,13H2,1-2H3,(H,23,27)/b12-5+. The lowest BCUT2D eigenvalue weighted by Gasteiger charge is -2.08. The molecule has 0 saturated carbocycles. The molecule has 0 bridgehead atoms. The number of hydrogen-bond acceptors (Lipinski definition) is 7. The van der Waals surface area contributed by atoms with Gasteiger partial charge in [0, 0.05) is 11.3 Å². The average Bonchev–Trinajstić information content (AvgIpc) is 3.12. The Morgan fingerprint density at radius 2 is 1.81 bits per heavy atom. The second-order valence-corrected chi connectivity index (χ2v) is 6.61. The van der Waals surface area contributed by atoms with Gasteiger partial charge in [0.15, 0.2) is 18.1 Å². The number of amides is 1. The van der Waals surface area contributed by atoms with Gasteiger partial charge in [0.05, 0.1) is 4.92 Å². The van der Waals surface area contributed by atoms with Gasteiger partial charge in [-0.2, -0.15) is 0 Å². The van der Waals surface area contributed by atoms with E-state index in [9.17, 15) is 19.7 Å². The first-order valence-corrected chi connectivity index (χ1v) is 9.26. The second kappa shape index (κ2) is 9.49. The molecule has 158 valence electrons. The molecule has 0 aliphatic carbocycles. The lowest BCUT2D eigenvalue weighted by molar-refractivity contribution is -0.386. The predicted octanol–water partition coefficient (Wildman–Crippen LogP) is 4.28. The topological polar surface area (TPSA) is 125 Å². The summed E-state index contributed by atoms with van der Waals surface area (Å²) >= 11 is 0. The molecule has 0 unspecified atom stereocenters.